The van der Waals surface area contributed by atoms with E-state index in [9.17, 15) is 4.79 Å². The van der Waals surface area contributed by atoms with Crippen LogP contribution >= 0.6 is 31.9 Å². The van der Waals surface area contributed by atoms with Crippen molar-refractivity contribution in [1.29, 1.82) is 0 Å². The van der Waals surface area contributed by atoms with Crippen LogP contribution in [0, 0.1) is 5.92 Å². The molecule has 0 aromatic heterocycles. The molecule has 106 valence electrons. The molecular weight excluding hydrogens is 374 g/mol. The molecule has 5 heteroatoms. The van der Waals surface area contributed by atoms with Gasteiger partial charge < -0.3 is 10.1 Å². The lowest BCUT2D eigenvalue weighted by molar-refractivity contribution is -0.143. The average Bonchev–Trinajstić information content (AvgIpc) is 2.37. The van der Waals surface area contributed by atoms with E-state index in [4.69, 9.17) is 4.74 Å². The number of halogens is 2. The van der Waals surface area contributed by atoms with Crippen LogP contribution in [0.1, 0.15) is 25.8 Å². The standard InChI is InChI=1S/C14H19Br2NO2/c1-9(2)6-13(14(18)19-3)17-8-10-4-5-11(15)12(16)7-10/h4-5,7,9,13,17H,6,8H2,1-3H3. The number of carbonyl (C=O) groups excluding carboxylic acids is 1. The highest BCUT2D eigenvalue weighted by Gasteiger charge is 2.19. The van der Waals surface area contributed by atoms with Gasteiger partial charge in [0.05, 0.1) is 7.11 Å². The molecule has 0 bridgehead atoms. The minimum Gasteiger partial charge on any atom is -0.468 e. The highest BCUT2D eigenvalue weighted by Crippen LogP contribution is 2.23. The fourth-order valence-corrected chi connectivity index (χ4v) is 2.44. The van der Waals surface area contributed by atoms with Crippen LogP contribution < -0.4 is 5.32 Å². The van der Waals surface area contributed by atoms with Gasteiger partial charge in [-0.2, -0.15) is 0 Å². The maximum atomic E-state index is 11.7. The molecule has 0 saturated carbocycles. The predicted molar refractivity (Wildman–Crippen MR) is 83.9 cm³/mol. The average molecular weight is 393 g/mol. The lowest BCUT2D eigenvalue weighted by Gasteiger charge is -2.18. The number of hydrogen-bond donors (Lipinski definition) is 1. The van der Waals surface area contributed by atoms with Crippen LogP contribution in [0.4, 0.5) is 0 Å². The molecule has 0 amide bonds. The fourth-order valence-electron chi connectivity index (χ4n) is 1.77. The van der Waals surface area contributed by atoms with Crippen molar-refractivity contribution in [2.75, 3.05) is 7.11 Å². The number of rotatable bonds is 6. The van der Waals surface area contributed by atoms with E-state index in [1.54, 1.807) is 0 Å². The van der Waals surface area contributed by atoms with Gasteiger partial charge in [0, 0.05) is 15.5 Å². The quantitative estimate of drug-likeness (QED) is 0.746. The third-order valence-corrected chi connectivity index (χ3v) is 4.61. The Morgan fingerprint density at radius 1 is 1.32 bits per heavy atom. The lowest BCUT2D eigenvalue weighted by atomic mass is 10.0. The van der Waals surface area contributed by atoms with E-state index in [0.717, 1.165) is 20.9 Å². The van der Waals surface area contributed by atoms with Gasteiger partial charge in [0.15, 0.2) is 0 Å². The van der Waals surface area contributed by atoms with Gasteiger partial charge in [-0.1, -0.05) is 19.9 Å². The maximum absolute atomic E-state index is 11.7. The van der Waals surface area contributed by atoms with Crippen molar-refractivity contribution in [3.8, 4) is 0 Å². The van der Waals surface area contributed by atoms with Crippen molar-refractivity contribution in [3.05, 3.63) is 32.7 Å². The Kier molecular flexibility index (Phi) is 7.04. The SMILES string of the molecule is COC(=O)C(CC(C)C)NCc1ccc(Br)c(Br)c1. The highest BCUT2D eigenvalue weighted by atomic mass is 79.9. The molecule has 0 spiro atoms. The first-order valence-electron chi connectivity index (χ1n) is 6.19. The van der Waals surface area contributed by atoms with Gasteiger partial charge >= 0.3 is 5.97 Å². The van der Waals surface area contributed by atoms with Crippen LogP contribution in [0.5, 0.6) is 0 Å². The summed E-state index contributed by atoms with van der Waals surface area (Å²) in [5.41, 5.74) is 1.12. The second-order valence-corrected chi connectivity index (χ2v) is 6.54. The number of nitrogens with one attached hydrogen (secondary N) is 1. The van der Waals surface area contributed by atoms with E-state index in [1.165, 1.54) is 7.11 Å². The van der Waals surface area contributed by atoms with Gasteiger partial charge in [-0.15, -0.1) is 0 Å². The Balaban J connectivity index is 2.64. The second kappa shape index (κ2) is 8.02. The Bertz CT molecular complexity index is 435. The van der Waals surface area contributed by atoms with E-state index in [0.29, 0.717) is 12.5 Å². The van der Waals surface area contributed by atoms with Crippen molar-refractivity contribution >= 4 is 37.8 Å². The first kappa shape index (κ1) is 16.7. The van der Waals surface area contributed by atoms with Crippen molar-refractivity contribution < 1.29 is 9.53 Å². The Morgan fingerprint density at radius 3 is 2.53 bits per heavy atom. The first-order valence-corrected chi connectivity index (χ1v) is 7.77. The zero-order valence-corrected chi connectivity index (χ0v) is 14.5. The van der Waals surface area contributed by atoms with Crippen molar-refractivity contribution in [1.82, 2.24) is 5.32 Å². The van der Waals surface area contributed by atoms with E-state index >= 15 is 0 Å². The molecule has 1 rings (SSSR count). The summed E-state index contributed by atoms with van der Waals surface area (Å²) in [6, 6.07) is 5.77. The summed E-state index contributed by atoms with van der Waals surface area (Å²) >= 11 is 6.90. The van der Waals surface area contributed by atoms with E-state index in [-0.39, 0.29) is 12.0 Å². The number of ether oxygens (including phenoxy) is 1. The zero-order chi connectivity index (χ0) is 14.4. The molecule has 1 aromatic rings. The minimum absolute atomic E-state index is 0.204. The van der Waals surface area contributed by atoms with Gasteiger partial charge in [0.2, 0.25) is 0 Å². The molecule has 0 radical (unpaired) electrons. The highest BCUT2D eigenvalue weighted by molar-refractivity contribution is 9.13. The van der Waals surface area contributed by atoms with E-state index < -0.39 is 0 Å². The molecule has 0 heterocycles. The molecule has 0 aliphatic carbocycles. The molecule has 1 aromatic carbocycles. The third-order valence-electron chi connectivity index (χ3n) is 2.73. The number of methoxy groups -OCH3 is 1. The van der Waals surface area contributed by atoms with Crippen molar-refractivity contribution in [2.24, 2.45) is 5.92 Å². The van der Waals surface area contributed by atoms with Gasteiger partial charge in [-0.3, -0.25) is 4.79 Å². The number of carbonyl (C=O) groups is 1. The Morgan fingerprint density at radius 2 is 2.00 bits per heavy atom. The normalized spacial score (nSPS) is 12.5. The van der Waals surface area contributed by atoms with Crippen LogP contribution in [0.2, 0.25) is 0 Å². The third kappa shape index (κ3) is 5.63. The Labute approximate surface area is 131 Å². The minimum atomic E-state index is -0.257. The number of esters is 1. The first-order chi connectivity index (χ1) is 8.93. The molecule has 0 fully saturated rings. The summed E-state index contributed by atoms with van der Waals surface area (Å²) in [6.45, 7) is 4.82. The molecule has 1 N–H and O–H groups in total. The summed E-state index contributed by atoms with van der Waals surface area (Å²) in [7, 11) is 1.42. The summed E-state index contributed by atoms with van der Waals surface area (Å²) in [5, 5.41) is 3.25. The maximum Gasteiger partial charge on any atom is 0.322 e. The molecule has 3 nitrogen and oxygen atoms in total. The van der Waals surface area contributed by atoms with E-state index in [1.807, 2.05) is 18.2 Å². The lowest BCUT2D eigenvalue weighted by Crippen LogP contribution is -2.38. The number of hydrogen-bond acceptors (Lipinski definition) is 3. The van der Waals surface area contributed by atoms with Crippen LogP contribution in [0.3, 0.4) is 0 Å². The van der Waals surface area contributed by atoms with E-state index in [2.05, 4.69) is 51.0 Å². The molecule has 0 aliphatic heterocycles. The van der Waals surface area contributed by atoms with Gasteiger partial charge in [0.1, 0.15) is 6.04 Å². The molecular formula is C14H19Br2NO2. The fraction of sp³-hybridized carbons (Fsp3) is 0.500. The summed E-state index contributed by atoms with van der Waals surface area (Å²) in [6.07, 6.45) is 0.768. The van der Waals surface area contributed by atoms with Crippen molar-refractivity contribution in [2.45, 2.75) is 32.9 Å². The molecule has 1 unspecified atom stereocenters. The molecule has 1 atom stereocenters. The van der Waals surface area contributed by atoms with Gasteiger partial charge in [-0.05, 0) is 61.9 Å². The molecule has 0 saturated heterocycles. The topological polar surface area (TPSA) is 38.3 Å². The summed E-state index contributed by atoms with van der Waals surface area (Å²) in [4.78, 5) is 11.7. The summed E-state index contributed by atoms with van der Waals surface area (Å²) in [5.74, 6) is 0.234. The largest absolute Gasteiger partial charge is 0.468 e. The predicted octanol–water partition coefficient (Wildman–Crippen LogP) is 3.89. The summed E-state index contributed by atoms with van der Waals surface area (Å²) < 4.78 is 6.85. The van der Waals surface area contributed by atoms with Crippen LogP contribution in [0.15, 0.2) is 27.1 Å². The zero-order valence-electron chi connectivity index (χ0n) is 11.4. The van der Waals surface area contributed by atoms with Gasteiger partial charge in [0.25, 0.3) is 0 Å². The Hall–Kier alpha value is -0.390. The number of benzene rings is 1. The molecule has 19 heavy (non-hydrogen) atoms. The monoisotopic (exact) mass is 391 g/mol. The molecule has 0 aliphatic rings. The van der Waals surface area contributed by atoms with Crippen LogP contribution in [-0.2, 0) is 16.1 Å². The smallest absolute Gasteiger partial charge is 0.322 e. The van der Waals surface area contributed by atoms with Crippen LogP contribution in [-0.4, -0.2) is 19.1 Å². The van der Waals surface area contributed by atoms with Gasteiger partial charge in [-0.25, -0.2) is 0 Å². The van der Waals surface area contributed by atoms with Crippen molar-refractivity contribution in [3.63, 3.8) is 0 Å². The second-order valence-electron chi connectivity index (χ2n) is 4.83. The van der Waals surface area contributed by atoms with Crippen LogP contribution in [0.25, 0.3) is 0 Å².